The topological polar surface area (TPSA) is 103 Å². The molecule has 0 aliphatic rings. The number of aromatic nitrogens is 1. The lowest BCUT2D eigenvalue weighted by Crippen LogP contribution is -2.28. The van der Waals surface area contributed by atoms with Gasteiger partial charge in [-0.1, -0.05) is 6.07 Å². The minimum atomic E-state index is -0.376. The number of hydrogen-bond acceptors (Lipinski definition) is 4. The van der Waals surface area contributed by atoms with Crippen molar-refractivity contribution >= 4 is 17.6 Å². The summed E-state index contributed by atoms with van der Waals surface area (Å²) in [4.78, 5) is 28.0. The minimum Gasteiger partial charge on any atom is -0.506 e. The normalized spacial score (nSPS) is 11.5. The number of urea groups is 1. The van der Waals surface area contributed by atoms with Gasteiger partial charge in [-0.15, -0.1) is 0 Å². The van der Waals surface area contributed by atoms with Gasteiger partial charge < -0.3 is 21.1 Å². The largest absolute Gasteiger partial charge is 0.506 e. The van der Waals surface area contributed by atoms with Crippen molar-refractivity contribution in [2.24, 2.45) is 0 Å². The molecule has 1 aromatic heterocycles. The highest BCUT2D eigenvalue weighted by atomic mass is 16.3. The van der Waals surface area contributed by atoms with Gasteiger partial charge in [-0.05, 0) is 62.6 Å². The number of anilines is 1. The molecule has 3 amide bonds. The van der Waals surface area contributed by atoms with Crippen molar-refractivity contribution < 1.29 is 14.7 Å². The number of rotatable bonds is 7. The van der Waals surface area contributed by atoms with E-state index in [-0.39, 0.29) is 23.7 Å². The first kappa shape index (κ1) is 20.2. The molecule has 7 nitrogen and oxygen atoms in total. The van der Waals surface area contributed by atoms with E-state index in [0.29, 0.717) is 25.1 Å². The van der Waals surface area contributed by atoms with E-state index >= 15 is 0 Å². The first-order valence-electron chi connectivity index (χ1n) is 8.97. The number of nitrogens with zero attached hydrogens (tertiary/aromatic N) is 1. The molecule has 1 heterocycles. The molecular weight excluding hydrogens is 344 g/mol. The van der Waals surface area contributed by atoms with Crippen LogP contribution in [0.25, 0.3) is 0 Å². The second-order valence-electron chi connectivity index (χ2n) is 6.38. The molecule has 7 heteroatoms. The van der Waals surface area contributed by atoms with Crippen LogP contribution in [0.4, 0.5) is 10.5 Å². The number of amides is 3. The highest BCUT2D eigenvalue weighted by Gasteiger charge is 2.12. The van der Waals surface area contributed by atoms with Crippen LogP contribution in [0.15, 0.2) is 36.5 Å². The summed E-state index contributed by atoms with van der Waals surface area (Å²) >= 11 is 0. The third-order valence-corrected chi connectivity index (χ3v) is 4.05. The Kier molecular flexibility index (Phi) is 7.16. The van der Waals surface area contributed by atoms with Gasteiger partial charge >= 0.3 is 6.03 Å². The molecule has 2 aromatic rings. The average molecular weight is 370 g/mol. The van der Waals surface area contributed by atoms with Gasteiger partial charge in [-0.2, -0.15) is 0 Å². The number of carbonyl (C=O) groups is 2. The Labute approximate surface area is 159 Å². The summed E-state index contributed by atoms with van der Waals surface area (Å²) in [5.74, 6) is -0.119. The molecule has 0 bridgehead atoms. The number of nitrogens with one attached hydrogen (secondary N) is 3. The molecule has 0 aliphatic heterocycles. The summed E-state index contributed by atoms with van der Waals surface area (Å²) < 4.78 is 0. The maximum atomic E-state index is 12.2. The second kappa shape index (κ2) is 9.56. The fourth-order valence-corrected chi connectivity index (χ4v) is 2.61. The zero-order chi connectivity index (χ0) is 19.8. The van der Waals surface area contributed by atoms with Crippen LogP contribution in [0.1, 0.15) is 43.1 Å². The molecule has 0 saturated heterocycles. The van der Waals surface area contributed by atoms with E-state index < -0.39 is 0 Å². The highest BCUT2D eigenvalue weighted by molar-refractivity contribution is 5.90. The minimum absolute atomic E-state index is 0.0310. The van der Waals surface area contributed by atoms with Crippen molar-refractivity contribution in [3.05, 3.63) is 53.3 Å². The summed E-state index contributed by atoms with van der Waals surface area (Å²) in [6.45, 7) is 6.18. The molecule has 0 fully saturated rings. The van der Waals surface area contributed by atoms with E-state index in [1.54, 1.807) is 24.4 Å². The van der Waals surface area contributed by atoms with Crippen LogP contribution in [0.5, 0.6) is 5.75 Å². The van der Waals surface area contributed by atoms with E-state index in [1.165, 1.54) is 0 Å². The molecule has 1 aromatic carbocycles. The quantitative estimate of drug-likeness (QED) is 0.562. The van der Waals surface area contributed by atoms with Crippen molar-refractivity contribution in [2.45, 2.75) is 39.7 Å². The number of phenolic OH excluding ortho intramolecular Hbond substituents is 1. The first-order chi connectivity index (χ1) is 12.9. The Morgan fingerprint density at radius 3 is 2.67 bits per heavy atom. The van der Waals surface area contributed by atoms with Gasteiger partial charge in [-0.25, -0.2) is 4.79 Å². The summed E-state index contributed by atoms with van der Waals surface area (Å²) in [5, 5.41) is 18.1. The number of pyridine rings is 1. The lowest BCUT2D eigenvalue weighted by atomic mass is 10.1. The van der Waals surface area contributed by atoms with E-state index in [0.717, 1.165) is 16.8 Å². The lowest BCUT2D eigenvalue weighted by molar-refractivity contribution is -0.121. The molecule has 2 rings (SSSR count). The number of benzene rings is 1. The van der Waals surface area contributed by atoms with Crippen molar-refractivity contribution in [1.29, 1.82) is 0 Å². The van der Waals surface area contributed by atoms with Crippen LogP contribution in [-0.2, 0) is 11.2 Å². The van der Waals surface area contributed by atoms with E-state index in [2.05, 4.69) is 20.9 Å². The third kappa shape index (κ3) is 6.29. The predicted molar refractivity (Wildman–Crippen MR) is 105 cm³/mol. The van der Waals surface area contributed by atoms with Gasteiger partial charge in [0.05, 0.1) is 17.4 Å². The number of aromatic hydroxyl groups is 1. The Balaban J connectivity index is 1.87. The number of hydrogen-bond donors (Lipinski definition) is 4. The standard InChI is InChI=1S/C20H26N4O3/c1-4-21-20(27)24-16-7-5-15(12-18(16)25)6-8-19(26)23-14(3)17-11-13(2)9-10-22-17/h5,7,9-12,14,25H,4,6,8H2,1-3H3,(H,23,26)(H2,21,24,27). The fraction of sp³-hybridized carbons (Fsp3) is 0.350. The third-order valence-electron chi connectivity index (χ3n) is 4.05. The first-order valence-corrected chi connectivity index (χ1v) is 8.97. The van der Waals surface area contributed by atoms with Crippen molar-refractivity contribution in [1.82, 2.24) is 15.6 Å². The van der Waals surface area contributed by atoms with Gasteiger partial charge in [0.1, 0.15) is 5.75 Å². The van der Waals surface area contributed by atoms with Gasteiger partial charge in [0, 0.05) is 19.2 Å². The Bertz CT molecular complexity index is 808. The molecule has 0 radical (unpaired) electrons. The van der Waals surface area contributed by atoms with Gasteiger partial charge in [0.15, 0.2) is 0 Å². The Hall–Kier alpha value is -3.09. The summed E-state index contributed by atoms with van der Waals surface area (Å²) in [6, 6.07) is 8.27. The monoisotopic (exact) mass is 370 g/mol. The smallest absolute Gasteiger partial charge is 0.319 e. The van der Waals surface area contributed by atoms with E-state index in [9.17, 15) is 14.7 Å². The Morgan fingerprint density at radius 1 is 1.22 bits per heavy atom. The van der Waals surface area contributed by atoms with Crippen LogP contribution < -0.4 is 16.0 Å². The number of aryl methyl sites for hydroxylation is 2. The molecular formula is C20H26N4O3. The summed E-state index contributed by atoms with van der Waals surface area (Å²) in [7, 11) is 0. The van der Waals surface area contributed by atoms with Crippen molar-refractivity contribution in [2.75, 3.05) is 11.9 Å². The molecule has 0 aliphatic carbocycles. The summed E-state index contributed by atoms with van der Waals surface area (Å²) in [6.07, 6.45) is 2.50. The molecule has 27 heavy (non-hydrogen) atoms. The predicted octanol–water partition coefficient (Wildman–Crippen LogP) is 3.05. The van der Waals surface area contributed by atoms with Gasteiger partial charge in [-0.3, -0.25) is 9.78 Å². The van der Waals surface area contributed by atoms with Gasteiger partial charge in [0.25, 0.3) is 0 Å². The fourth-order valence-electron chi connectivity index (χ4n) is 2.61. The van der Waals surface area contributed by atoms with Gasteiger partial charge in [0.2, 0.25) is 5.91 Å². The van der Waals surface area contributed by atoms with E-state index in [1.807, 2.05) is 32.9 Å². The highest BCUT2D eigenvalue weighted by Crippen LogP contribution is 2.24. The van der Waals surface area contributed by atoms with Crippen LogP contribution in [0.3, 0.4) is 0 Å². The maximum absolute atomic E-state index is 12.2. The summed E-state index contributed by atoms with van der Waals surface area (Å²) in [5.41, 5.74) is 3.05. The van der Waals surface area contributed by atoms with Crippen LogP contribution in [0.2, 0.25) is 0 Å². The molecule has 1 atom stereocenters. The zero-order valence-corrected chi connectivity index (χ0v) is 15.9. The Morgan fingerprint density at radius 2 is 2.00 bits per heavy atom. The lowest BCUT2D eigenvalue weighted by Gasteiger charge is -2.14. The van der Waals surface area contributed by atoms with E-state index in [4.69, 9.17) is 0 Å². The van der Waals surface area contributed by atoms with Crippen LogP contribution in [0, 0.1) is 6.92 Å². The molecule has 4 N–H and O–H groups in total. The van der Waals surface area contributed by atoms with Crippen molar-refractivity contribution in [3.8, 4) is 5.75 Å². The van der Waals surface area contributed by atoms with Crippen molar-refractivity contribution in [3.63, 3.8) is 0 Å². The zero-order valence-electron chi connectivity index (χ0n) is 15.9. The number of phenols is 1. The SMILES string of the molecule is CCNC(=O)Nc1ccc(CCC(=O)NC(C)c2cc(C)ccn2)cc1O. The average Bonchev–Trinajstić information content (AvgIpc) is 2.62. The van der Waals surface area contributed by atoms with Crippen LogP contribution >= 0.6 is 0 Å². The molecule has 0 spiro atoms. The second-order valence-corrected chi connectivity index (χ2v) is 6.38. The molecule has 144 valence electrons. The van der Waals surface area contributed by atoms with Crippen LogP contribution in [-0.4, -0.2) is 28.6 Å². The maximum Gasteiger partial charge on any atom is 0.319 e. The molecule has 1 unspecified atom stereocenters. The number of carbonyl (C=O) groups excluding carboxylic acids is 2. The molecule has 0 saturated carbocycles.